The Morgan fingerprint density at radius 3 is 2.67 bits per heavy atom. The van der Waals surface area contributed by atoms with Gasteiger partial charge >= 0.3 is 0 Å². The molecule has 1 aliphatic carbocycles. The van der Waals surface area contributed by atoms with E-state index in [1.165, 1.54) is 0 Å². The Kier molecular flexibility index (Phi) is 5.53. The summed E-state index contributed by atoms with van der Waals surface area (Å²) in [6.45, 7) is 2.46. The summed E-state index contributed by atoms with van der Waals surface area (Å²) in [5.74, 6) is 0.806. The number of likely N-dealkylation sites (tertiary alicyclic amines) is 1. The van der Waals surface area contributed by atoms with Crippen LogP contribution in [0.25, 0.3) is 11.3 Å². The molecule has 2 aromatic rings. The number of benzene rings is 1. The standard InChI is InChI=1S/C21H28N4O2/c26-19-10-8-18(9-11-19)21(27)24-12-4-5-16(13-24)14-25-15-20(22-23-25)17-6-2-1-3-7-17/h1-3,6-7,15-16,18-19,26H,4-5,8-14H2/t16-,18?,19?/m1/s1. The molecule has 4 rings (SSSR count). The smallest absolute Gasteiger partial charge is 0.225 e. The first-order chi connectivity index (χ1) is 13.2. The van der Waals surface area contributed by atoms with Gasteiger partial charge in [0.2, 0.25) is 5.91 Å². The number of hydrogen-bond donors (Lipinski definition) is 1. The van der Waals surface area contributed by atoms with Gasteiger partial charge in [0.05, 0.1) is 12.3 Å². The molecule has 6 nitrogen and oxygen atoms in total. The molecule has 1 N–H and O–H groups in total. The molecule has 0 bridgehead atoms. The van der Waals surface area contributed by atoms with Crippen molar-refractivity contribution < 1.29 is 9.90 Å². The quantitative estimate of drug-likeness (QED) is 0.901. The van der Waals surface area contributed by atoms with Gasteiger partial charge in [0.1, 0.15) is 5.69 Å². The van der Waals surface area contributed by atoms with E-state index in [1.807, 2.05) is 46.1 Å². The maximum absolute atomic E-state index is 12.9. The average Bonchev–Trinajstić information content (AvgIpc) is 3.17. The zero-order chi connectivity index (χ0) is 18.6. The van der Waals surface area contributed by atoms with E-state index in [2.05, 4.69) is 10.3 Å². The number of rotatable bonds is 4. The summed E-state index contributed by atoms with van der Waals surface area (Å²) in [7, 11) is 0. The van der Waals surface area contributed by atoms with Gasteiger partial charge in [-0.05, 0) is 44.4 Å². The maximum atomic E-state index is 12.9. The molecule has 144 valence electrons. The van der Waals surface area contributed by atoms with Gasteiger partial charge in [-0.2, -0.15) is 0 Å². The number of nitrogens with zero attached hydrogens (tertiary/aromatic N) is 4. The van der Waals surface area contributed by atoms with Gasteiger partial charge in [0.15, 0.2) is 0 Å². The molecule has 6 heteroatoms. The molecule has 1 aromatic carbocycles. The number of carbonyl (C=O) groups is 1. The molecule has 1 saturated carbocycles. The molecule has 1 atom stereocenters. The van der Waals surface area contributed by atoms with Gasteiger partial charge < -0.3 is 10.0 Å². The molecule has 1 aromatic heterocycles. The molecule has 0 spiro atoms. The highest BCUT2D eigenvalue weighted by Crippen LogP contribution is 2.28. The van der Waals surface area contributed by atoms with Crippen LogP contribution >= 0.6 is 0 Å². The summed E-state index contributed by atoms with van der Waals surface area (Å²) >= 11 is 0. The van der Waals surface area contributed by atoms with E-state index in [0.29, 0.717) is 5.92 Å². The van der Waals surface area contributed by atoms with E-state index in [-0.39, 0.29) is 17.9 Å². The molecule has 2 aliphatic rings. The average molecular weight is 368 g/mol. The van der Waals surface area contributed by atoms with Gasteiger partial charge in [-0.3, -0.25) is 9.48 Å². The third-order valence-electron chi connectivity index (χ3n) is 5.93. The second-order valence-corrected chi connectivity index (χ2v) is 7.99. The Balaban J connectivity index is 1.35. The van der Waals surface area contributed by atoms with Gasteiger partial charge in [-0.25, -0.2) is 0 Å². The number of aliphatic hydroxyl groups is 1. The van der Waals surface area contributed by atoms with Crippen LogP contribution in [0.2, 0.25) is 0 Å². The fraction of sp³-hybridized carbons (Fsp3) is 0.571. The normalized spacial score (nSPS) is 26.1. The Morgan fingerprint density at radius 1 is 1.11 bits per heavy atom. The largest absolute Gasteiger partial charge is 0.393 e. The summed E-state index contributed by atoms with van der Waals surface area (Å²) in [5.41, 5.74) is 1.96. The third kappa shape index (κ3) is 4.38. The van der Waals surface area contributed by atoms with Crippen molar-refractivity contribution in [2.45, 2.75) is 51.2 Å². The summed E-state index contributed by atoms with van der Waals surface area (Å²) in [6.07, 6.45) is 7.12. The SMILES string of the molecule is O=C(C1CCC(O)CC1)N1CCC[C@@H](Cn2cc(-c3ccccc3)nn2)C1. The first-order valence-corrected chi connectivity index (χ1v) is 10.1. The first-order valence-electron chi connectivity index (χ1n) is 10.1. The van der Waals surface area contributed by atoms with Crippen LogP contribution in [0.3, 0.4) is 0 Å². The van der Waals surface area contributed by atoms with Crippen molar-refractivity contribution in [3.8, 4) is 11.3 Å². The van der Waals surface area contributed by atoms with Crippen LogP contribution in [0.4, 0.5) is 0 Å². The van der Waals surface area contributed by atoms with Crippen LogP contribution in [0, 0.1) is 11.8 Å². The van der Waals surface area contributed by atoms with Gasteiger partial charge in [-0.1, -0.05) is 35.5 Å². The van der Waals surface area contributed by atoms with Gasteiger partial charge in [0.25, 0.3) is 0 Å². The molecule has 0 radical (unpaired) electrons. The van der Waals surface area contributed by atoms with Crippen LogP contribution in [-0.2, 0) is 11.3 Å². The third-order valence-corrected chi connectivity index (χ3v) is 5.93. The van der Waals surface area contributed by atoms with Crippen LogP contribution in [0.5, 0.6) is 0 Å². The molecule has 1 saturated heterocycles. The van der Waals surface area contributed by atoms with Gasteiger partial charge in [-0.15, -0.1) is 5.10 Å². The Labute approximate surface area is 160 Å². The number of piperidine rings is 1. The van der Waals surface area contributed by atoms with E-state index in [1.54, 1.807) is 0 Å². The predicted molar refractivity (Wildman–Crippen MR) is 103 cm³/mol. The van der Waals surface area contributed by atoms with Gasteiger partial charge in [0, 0.05) is 31.1 Å². The van der Waals surface area contributed by atoms with Crippen molar-refractivity contribution >= 4 is 5.91 Å². The monoisotopic (exact) mass is 368 g/mol. The maximum Gasteiger partial charge on any atom is 0.225 e. The Bertz CT molecular complexity index is 753. The fourth-order valence-corrected chi connectivity index (χ4v) is 4.39. The molecular weight excluding hydrogens is 340 g/mol. The zero-order valence-corrected chi connectivity index (χ0v) is 15.7. The molecule has 2 heterocycles. The lowest BCUT2D eigenvalue weighted by Gasteiger charge is -2.36. The van der Waals surface area contributed by atoms with Crippen LogP contribution < -0.4 is 0 Å². The van der Waals surface area contributed by atoms with Crippen LogP contribution in [0.1, 0.15) is 38.5 Å². The van der Waals surface area contributed by atoms with Crippen molar-refractivity contribution in [2.75, 3.05) is 13.1 Å². The Morgan fingerprint density at radius 2 is 1.89 bits per heavy atom. The highest BCUT2D eigenvalue weighted by Gasteiger charge is 2.31. The minimum Gasteiger partial charge on any atom is -0.393 e. The van der Waals surface area contributed by atoms with E-state index in [9.17, 15) is 9.90 Å². The topological polar surface area (TPSA) is 71.2 Å². The molecule has 27 heavy (non-hydrogen) atoms. The number of amides is 1. The van der Waals surface area contributed by atoms with Crippen molar-refractivity contribution in [1.82, 2.24) is 19.9 Å². The van der Waals surface area contributed by atoms with Crippen LogP contribution in [-0.4, -0.2) is 50.1 Å². The second kappa shape index (κ2) is 8.21. The minimum atomic E-state index is -0.214. The van der Waals surface area contributed by atoms with E-state index in [0.717, 1.165) is 69.4 Å². The lowest BCUT2D eigenvalue weighted by molar-refractivity contribution is -0.139. The molecule has 1 amide bonds. The molecule has 1 aliphatic heterocycles. The van der Waals surface area contributed by atoms with E-state index in [4.69, 9.17) is 0 Å². The van der Waals surface area contributed by atoms with Crippen molar-refractivity contribution in [1.29, 1.82) is 0 Å². The highest BCUT2D eigenvalue weighted by atomic mass is 16.3. The highest BCUT2D eigenvalue weighted by molar-refractivity contribution is 5.79. The van der Waals surface area contributed by atoms with E-state index >= 15 is 0 Å². The minimum absolute atomic E-state index is 0.100. The summed E-state index contributed by atoms with van der Waals surface area (Å²) in [6, 6.07) is 10.1. The van der Waals surface area contributed by atoms with E-state index < -0.39 is 0 Å². The second-order valence-electron chi connectivity index (χ2n) is 7.99. The molecule has 2 fully saturated rings. The number of aliphatic hydroxyl groups excluding tert-OH is 1. The predicted octanol–water partition coefficient (Wildman–Crippen LogP) is 2.73. The summed E-state index contributed by atoms with van der Waals surface area (Å²) in [5, 5.41) is 18.3. The summed E-state index contributed by atoms with van der Waals surface area (Å²) in [4.78, 5) is 14.9. The fourth-order valence-electron chi connectivity index (χ4n) is 4.39. The van der Waals surface area contributed by atoms with Crippen molar-refractivity contribution in [3.63, 3.8) is 0 Å². The molecular formula is C21H28N4O2. The lowest BCUT2D eigenvalue weighted by Crippen LogP contribution is -2.44. The number of hydrogen-bond acceptors (Lipinski definition) is 4. The molecule has 0 unspecified atom stereocenters. The van der Waals surface area contributed by atoms with Crippen molar-refractivity contribution in [2.24, 2.45) is 11.8 Å². The van der Waals surface area contributed by atoms with Crippen molar-refractivity contribution in [3.05, 3.63) is 36.5 Å². The number of aromatic nitrogens is 3. The Hall–Kier alpha value is -2.21. The first kappa shape index (κ1) is 18.2. The zero-order valence-electron chi connectivity index (χ0n) is 15.7. The summed E-state index contributed by atoms with van der Waals surface area (Å²) < 4.78 is 1.91. The number of carbonyl (C=O) groups excluding carboxylic acids is 1. The lowest BCUT2D eigenvalue weighted by atomic mass is 9.85. The van der Waals surface area contributed by atoms with Crippen LogP contribution in [0.15, 0.2) is 36.5 Å².